The Morgan fingerprint density at radius 1 is 0.633 bits per heavy atom. The van der Waals surface area contributed by atoms with Crippen LogP contribution in [0.3, 0.4) is 0 Å². The van der Waals surface area contributed by atoms with Gasteiger partial charge in [0.05, 0.1) is 0 Å². The van der Waals surface area contributed by atoms with Crippen molar-refractivity contribution in [3.8, 4) is 0 Å². The zero-order valence-electron chi connectivity index (χ0n) is 18.1. The summed E-state index contributed by atoms with van der Waals surface area (Å²) in [6.45, 7) is 21.7. The van der Waals surface area contributed by atoms with Crippen molar-refractivity contribution in [2.45, 2.75) is 41.5 Å². The van der Waals surface area contributed by atoms with Gasteiger partial charge >= 0.3 is 0 Å². The maximum atomic E-state index is 7.75. The van der Waals surface area contributed by atoms with Crippen LogP contribution in [0, 0.1) is 53.1 Å². The molecule has 0 N–H and O–H groups in total. The molecule has 1 aliphatic rings. The first kappa shape index (κ1) is 29.4. The molecule has 165 valence electrons. The fourth-order valence-corrected chi connectivity index (χ4v) is 3.78. The van der Waals surface area contributed by atoms with E-state index in [0.29, 0.717) is 0 Å². The molecule has 3 rings (SSSR count). The maximum Gasteiger partial charge on any atom is 0.0184 e. The van der Waals surface area contributed by atoms with E-state index in [4.69, 9.17) is 20.1 Å². The molecular weight excluding hydrogens is 425 g/mol. The first-order valence-electron chi connectivity index (χ1n) is 8.78. The first-order valence-corrected chi connectivity index (χ1v) is 8.78. The SMILES string of the molecule is Cc1cc(C)c(N2C=CN(c3c(C)cc(C)cc3C)[CH-]2)c(C)c1.[CH-]=O.[CH-]=O.[Co].[N-]=O. The molecule has 0 aliphatic carbocycles. The van der Waals surface area contributed by atoms with E-state index in [0.717, 1.165) is 0 Å². The molecule has 30 heavy (non-hydrogen) atoms. The van der Waals surface area contributed by atoms with Crippen LogP contribution in [0.15, 0.2) is 36.7 Å². The van der Waals surface area contributed by atoms with Crippen molar-refractivity contribution in [2.24, 2.45) is 0 Å². The number of hydrogen-bond donors (Lipinski definition) is 0. The van der Waals surface area contributed by atoms with Crippen LogP contribution in [0.2, 0.25) is 0 Å². The first-order chi connectivity index (χ1) is 13.9. The number of aryl methyl sites for hydroxylation is 6. The minimum atomic E-state index is 0. The second kappa shape index (κ2) is 14.2. The van der Waals surface area contributed by atoms with Gasteiger partial charge in [-0.3, -0.25) is 13.6 Å². The molecule has 0 saturated heterocycles. The number of rotatable bonds is 2. The average molecular weight is 452 g/mol. The Bertz CT molecular complexity index is 739. The van der Waals surface area contributed by atoms with E-state index in [1.807, 2.05) is 0 Å². The van der Waals surface area contributed by atoms with Gasteiger partial charge in [0.2, 0.25) is 0 Å². The number of nitrogens with zero attached hydrogens (tertiary/aromatic N) is 3. The predicted molar refractivity (Wildman–Crippen MR) is 120 cm³/mol. The monoisotopic (exact) mass is 452 g/mol. The van der Waals surface area contributed by atoms with Crippen LogP contribution >= 0.6 is 0 Å². The standard InChI is InChI=1S/C21H25N2.2CHO.Co.NO/c1-14-9-16(3)20(17(4)10-14)22-7-8-23(13-22)21-18(5)11-15(2)12-19(21)6;2*1-2;;1-2/h7-13H,1-6H3;2*1H;;/q3*-1;;-1. The Labute approximate surface area is 189 Å². The largest absolute Gasteiger partial charge is 0.577 e. The smallest absolute Gasteiger partial charge is 0.0184 e. The van der Waals surface area contributed by atoms with Gasteiger partial charge in [0, 0.05) is 28.2 Å². The molecule has 1 aliphatic heterocycles. The van der Waals surface area contributed by atoms with Crippen molar-refractivity contribution >= 4 is 25.0 Å². The summed E-state index contributed by atoms with van der Waals surface area (Å²) < 4.78 is 0. The molecule has 7 heteroatoms. The van der Waals surface area contributed by atoms with Gasteiger partial charge in [-0.15, -0.1) is 6.67 Å². The minimum Gasteiger partial charge on any atom is -0.577 e. The van der Waals surface area contributed by atoms with Gasteiger partial charge in [0.25, 0.3) is 0 Å². The molecule has 0 spiro atoms. The van der Waals surface area contributed by atoms with Crippen LogP contribution in [0.4, 0.5) is 11.4 Å². The Hall–Kier alpha value is -2.77. The van der Waals surface area contributed by atoms with Crippen LogP contribution in [0.1, 0.15) is 33.4 Å². The summed E-state index contributed by atoms with van der Waals surface area (Å²) in [5.74, 6) is 0. The van der Waals surface area contributed by atoms with Gasteiger partial charge < -0.3 is 29.9 Å². The molecule has 1 heterocycles. The van der Waals surface area contributed by atoms with Gasteiger partial charge in [-0.05, 0) is 76.2 Å². The molecule has 0 saturated carbocycles. The van der Waals surface area contributed by atoms with Gasteiger partial charge in [0.1, 0.15) is 0 Å². The molecule has 0 fully saturated rings. The summed E-state index contributed by atoms with van der Waals surface area (Å²) >= 11 is 0. The molecule has 0 amide bonds. The Balaban J connectivity index is 0. The Morgan fingerprint density at radius 2 is 0.867 bits per heavy atom. The summed E-state index contributed by atoms with van der Waals surface area (Å²) in [6, 6.07) is 8.98. The molecule has 0 unspecified atom stereocenters. The van der Waals surface area contributed by atoms with Crippen molar-refractivity contribution in [3.63, 3.8) is 0 Å². The molecule has 0 atom stereocenters. The van der Waals surface area contributed by atoms with E-state index < -0.39 is 0 Å². The van der Waals surface area contributed by atoms with Gasteiger partial charge in [-0.1, -0.05) is 35.4 Å². The molecule has 2 aromatic carbocycles. The van der Waals surface area contributed by atoms with E-state index in [2.05, 4.69) is 108 Å². The van der Waals surface area contributed by atoms with E-state index in [1.54, 1.807) is 0 Å². The zero-order valence-corrected chi connectivity index (χ0v) is 19.1. The molecule has 0 aromatic heterocycles. The van der Waals surface area contributed by atoms with Gasteiger partial charge in [-0.2, -0.15) is 0 Å². The number of anilines is 2. The van der Waals surface area contributed by atoms with Crippen LogP contribution in [0.25, 0.3) is 5.59 Å². The van der Waals surface area contributed by atoms with E-state index in [-0.39, 0.29) is 16.8 Å². The second-order valence-electron chi connectivity index (χ2n) is 6.72. The van der Waals surface area contributed by atoms with Crippen LogP contribution in [0.5, 0.6) is 0 Å². The Kier molecular flexibility index (Phi) is 14.0. The third-order valence-electron chi connectivity index (χ3n) is 4.42. The number of carbonyl (C=O) groups excluding carboxylic acids is 2. The summed E-state index contributed by atoms with van der Waals surface area (Å²) in [7, 11) is 0. The minimum absolute atomic E-state index is 0. The summed E-state index contributed by atoms with van der Waals surface area (Å²) in [4.78, 5) is 27.2. The molecule has 2 aromatic rings. The number of benzene rings is 2. The van der Waals surface area contributed by atoms with Gasteiger partial charge in [0.15, 0.2) is 0 Å². The van der Waals surface area contributed by atoms with Crippen molar-refractivity contribution in [3.05, 3.63) is 87.2 Å². The van der Waals surface area contributed by atoms with Crippen molar-refractivity contribution < 1.29 is 26.4 Å². The Morgan fingerprint density at radius 3 is 1.10 bits per heavy atom. The zero-order chi connectivity index (χ0) is 22.7. The maximum absolute atomic E-state index is 7.75. The molecule has 6 nitrogen and oxygen atoms in total. The third-order valence-corrected chi connectivity index (χ3v) is 4.42. The number of hydrogen-bond acceptors (Lipinski definition) is 5. The molecule has 1 radical (unpaired) electrons. The van der Waals surface area contributed by atoms with E-state index in [1.165, 1.54) is 44.8 Å². The summed E-state index contributed by atoms with van der Waals surface area (Å²) in [5.41, 5.74) is 16.2. The van der Waals surface area contributed by atoms with Crippen molar-refractivity contribution in [1.29, 1.82) is 0 Å². The predicted octanol–water partition coefficient (Wildman–Crippen LogP) is 5.23. The normalized spacial score (nSPS) is 11.1. The van der Waals surface area contributed by atoms with Crippen LogP contribution < -0.4 is 9.80 Å². The third kappa shape index (κ3) is 6.93. The molecule has 0 bridgehead atoms. The summed E-state index contributed by atoms with van der Waals surface area (Å²) in [5, 5.41) is 0. The van der Waals surface area contributed by atoms with E-state index in [9.17, 15) is 0 Å². The summed E-state index contributed by atoms with van der Waals surface area (Å²) in [6.07, 6.45) is 4.28. The quantitative estimate of drug-likeness (QED) is 0.461. The van der Waals surface area contributed by atoms with Crippen molar-refractivity contribution in [1.82, 2.24) is 0 Å². The topological polar surface area (TPSA) is 80.0 Å². The fourth-order valence-electron chi connectivity index (χ4n) is 3.78. The molecular formula is C23H27CoN3O3-4. The van der Waals surface area contributed by atoms with E-state index >= 15 is 0 Å². The number of nitroso groups, excluding NO2 is 1. The second-order valence-corrected chi connectivity index (χ2v) is 6.72. The van der Waals surface area contributed by atoms with Crippen molar-refractivity contribution in [2.75, 3.05) is 9.80 Å². The van der Waals surface area contributed by atoms with Crippen LogP contribution in [-0.2, 0) is 26.4 Å². The van der Waals surface area contributed by atoms with Gasteiger partial charge in [-0.25, -0.2) is 0 Å². The van der Waals surface area contributed by atoms with Crippen LogP contribution in [-0.4, -0.2) is 13.6 Å². The average Bonchev–Trinajstić information content (AvgIpc) is 3.14. The fraction of sp³-hybridized carbons (Fsp3) is 0.261.